The van der Waals surface area contributed by atoms with E-state index in [0.717, 1.165) is 10.0 Å². The van der Waals surface area contributed by atoms with Gasteiger partial charge < -0.3 is 5.32 Å². The third-order valence-corrected chi connectivity index (χ3v) is 3.15. The zero-order chi connectivity index (χ0) is 11.4. The standard InChI is InChI=1S/C12H15BrFN/c1-8(9(2)15-3)6-10-4-5-11(14)7-12(10)13/h4-7,9,15H,1-3H3/b8-6+. The third-order valence-electron chi connectivity index (χ3n) is 2.46. The Balaban J connectivity index is 2.98. The molecule has 82 valence electrons. The van der Waals surface area contributed by atoms with E-state index in [2.05, 4.69) is 35.1 Å². The Kier molecular flexibility index (Phi) is 4.48. The van der Waals surface area contributed by atoms with E-state index in [1.54, 1.807) is 6.07 Å². The molecule has 0 aliphatic heterocycles. The largest absolute Gasteiger partial charge is 0.314 e. The van der Waals surface area contributed by atoms with Gasteiger partial charge >= 0.3 is 0 Å². The molecule has 3 heteroatoms. The number of halogens is 2. The van der Waals surface area contributed by atoms with E-state index in [1.165, 1.54) is 17.7 Å². The Labute approximate surface area is 98.5 Å². The summed E-state index contributed by atoms with van der Waals surface area (Å²) in [5, 5.41) is 3.16. The van der Waals surface area contributed by atoms with Crippen LogP contribution in [0, 0.1) is 5.82 Å². The molecule has 0 saturated heterocycles. The van der Waals surface area contributed by atoms with Gasteiger partial charge in [-0.25, -0.2) is 4.39 Å². The van der Waals surface area contributed by atoms with Crippen molar-refractivity contribution in [3.63, 3.8) is 0 Å². The average molecular weight is 272 g/mol. The molecule has 1 unspecified atom stereocenters. The topological polar surface area (TPSA) is 12.0 Å². The van der Waals surface area contributed by atoms with Gasteiger partial charge in [-0.1, -0.05) is 33.6 Å². The minimum Gasteiger partial charge on any atom is -0.314 e. The Bertz CT molecular complexity index is 374. The fourth-order valence-corrected chi connectivity index (χ4v) is 1.68. The molecular weight excluding hydrogens is 257 g/mol. The van der Waals surface area contributed by atoms with Crippen LogP contribution >= 0.6 is 15.9 Å². The van der Waals surface area contributed by atoms with Gasteiger partial charge in [-0.2, -0.15) is 0 Å². The molecule has 0 amide bonds. The summed E-state index contributed by atoms with van der Waals surface area (Å²) in [7, 11) is 1.92. The predicted octanol–water partition coefficient (Wildman–Crippen LogP) is 3.60. The molecule has 0 aliphatic carbocycles. The normalized spacial score (nSPS) is 14.1. The summed E-state index contributed by atoms with van der Waals surface area (Å²) in [6.45, 7) is 4.14. The highest BCUT2D eigenvalue weighted by Gasteiger charge is 2.03. The zero-order valence-corrected chi connectivity index (χ0v) is 10.7. The average Bonchev–Trinajstić information content (AvgIpc) is 2.20. The number of likely N-dealkylation sites (N-methyl/N-ethyl adjacent to an activating group) is 1. The molecule has 0 aromatic heterocycles. The van der Waals surface area contributed by atoms with Crippen molar-refractivity contribution in [2.75, 3.05) is 7.05 Å². The van der Waals surface area contributed by atoms with E-state index >= 15 is 0 Å². The van der Waals surface area contributed by atoms with E-state index in [0.29, 0.717) is 6.04 Å². The lowest BCUT2D eigenvalue weighted by Crippen LogP contribution is -2.21. The molecule has 0 spiro atoms. The summed E-state index contributed by atoms with van der Waals surface area (Å²) in [5.74, 6) is -0.224. The van der Waals surface area contributed by atoms with Gasteiger partial charge in [0.05, 0.1) is 0 Å². The summed E-state index contributed by atoms with van der Waals surface area (Å²) >= 11 is 3.34. The van der Waals surface area contributed by atoms with E-state index in [4.69, 9.17) is 0 Å². The Morgan fingerprint density at radius 1 is 1.53 bits per heavy atom. The van der Waals surface area contributed by atoms with Crippen LogP contribution in [0.4, 0.5) is 4.39 Å². The molecule has 1 aromatic rings. The van der Waals surface area contributed by atoms with E-state index < -0.39 is 0 Å². The molecule has 0 heterocycles. The van der Waals surface area contributed by atoms with Crippen LogP contribution in [0.1, 0.15) is 19.4 Å². The van der Waals surface area contributed by atoms with Crippen LogP contribution < -0.4 is 5.32 Å². The molecule has 1 nitrogen and oxygen atoms in total. The number of hydrogen-bond donors (Lipinski definition) is 1. The molecule has 0 radical (unpaired) electrons. The van der Waals surface area contributed by atoms with Gasteiger partial charge in [-0.15, -0.1) is 0 Å². The second-order valence-corrected chi connectivity index (χ2v) is 4.42. The van der Waals surface area contributed by atoms with Crippen molar-refractivity contribution >= 4 is 22.0 Å². The number of benzene rings is 1. The molecule has 0 fully saturated rings. The lowest BCUT2D eigenvalue weighted by atomic mass is 10.1. The molecule has 15 heavy (non-hydrogen) atoms. The van der Waals surface area contributed by atoms with Crippen LogP contribution in [0.2, 0.25) is 0 Å². The number of hydrogen-bond acceptors (Lipinski definition) is 1. The second kappa shape index (κ2) is 5.42. The first-order chi connectivity index (χ1) is 7.04. The fraction of sp³-hybridized carbons (Fsp3) is 0.333. The number of rotatable bonds is 3. The van der Waals surface area contributed by atoms with Crippen LogP contribution in [0.15, 0.2) is 28.2 Å². The Morgan fingerprint density at radius 2 is 2.20 bits per heavy atom. The lowest BCUT2D eigenvalue weighted by molar-refractivity contribution is 0.627. The summed E-state index contributed by atoms with van der Waals surface area (Å²) in [4.78, 5) is 0. The second-order valence-electron chi connectivity index (χ2n) is 3.56. The predicted molar refractivity (Wildman–Crippen MR) is 66.3 cm³/mol. The van der Waals surface area contributed by atoms with Crippen molar-refractivity contribution in [3.05, 3.63) is 39.6 Å². The molecule has 1 N–H and O–H groups in total. The van der Waals surface area contributed by atoms with Crippen LogP contribution in [0.5, 0.6) is 0 Å². The maximum atomic E-state index is 12.8. The van der Waals surface area contributed by atoms with Crippen molar-refractivity contribution in [1.82, 2.24) is 5.32 Å². The van der Waals surface area contributed by atoms with Crippen LogP contribution in [-0.4, -0.2) is 13.1 Å². The van der Waals surface area contributed by atoms with Gasteiger partial charge in [0.2, 0.25) is 0 Å². The van der Waals surface area contributed by atoms with Gasteiger partial charge in [0.1, 0.15) is 5.82 Å². The van der Waals surface area contributed by atoms with Crippen molar-refractivity contribution in [1.29, 1.82) is 0 Å². The Morgan fingerprint density at radius 3 is 2.73 bits per heavy atom. The maximum Gasteiger partial charge on any atom is 0.124 e. The highest BCUT2D eigenvalue weighted by Crippen LogP contribution is 2.21. The fourth-order valence-electron chi connectivity index (χ4n) is 1.22. The molecule has 0 saturated carbocycles. The summed E-state index contributed by atoms with van der Waals surface area (Å²) in [6.07, 6.45) is 2.05. The first-order valence-electron chi connectivity index (χ1n) is 4.85. The molecule has 0 aliphatic rings. The lowest BCUT2D eigenvalue weighted by Gasteiger charge is -2.11. The Hall–Kier alpha value is -0.670. The quantitative estimate of drug-likeness (QED) is 0.886. The smallest absolute Gasteiger partial charge is 0.124 e. The maximum absolute atomic E-state index is 12.8. The number of nitrogens with one attached hydrogen (secondary N) is 1. The monoisotopic (exact) mass is 271 g/mol. The molecule has 0 bridgehead atoms. The van der Waals surface area contributed by atoms with E-state index in [1.807, 2.05) is 13.1 Å². The van der Waals surface area contributed by atoms with E-state index in [-0.39, 0.29) is 5.82 Å². The van der Waals surface area contributed by atoms with E-state index in [9.17, 15) is 4.39 Å². The summed E-state index contributed by atoms with van der Waals surface area (Å²) < 4.78 is 13.6. The van der Waals surface area contributed by atoms with Crippen LogP contribution in [0.25, 0.3) is 6.08 Å². The first kappa shape index (κ1) is 12.4. The summed E-state index contributed by atoms with van der Waals surface area (Å²) in [5.41, 5.74) is 2.21. The zero-order valence-electron chi connectivity index (χ0n) is 9.14. The van der Waals surface area contributed by atoms with Gasteiger partial charge in [-0.3, -0.25) is 0 Å². The van der Waals surface area contributed by atoms with Gasteiger partial charge in [0, 0.05) is 10.5 Å². The minimum absolute atomic E-state index is 0.224. The van der Waals surface area contributed by atoms with Crippen molar-refractivity contribution < 1.29 is 4.39 Å². The van der Waals surface area contributed by atoms with Crippen molar-refractivity contribution in [2.45, 2.75) is 19.9 Å². The minimum atomic E-state index is -0.224. The van der Waals surface area contributed by atoms with Crippen LogP contribution in [0.3, 0.4) is 0 Å². The highest BCUT2D eigenvalue weighted by atomic mass is 79.9. The third kappa shape index (κ3) is 3.43. The van der Waals surface area contributed by atoms with Crippen LogP contribution in [-0.2, 0) is 0 Å². The highest BCUT2D eigenvalue weighted by molar-refractivity contribution is 9.10. The van der Waals surface area contributed by atoms with Gasteiger partial charge in [0.15, 0.2) is 0 Å². The molecule has 1 atom stereocenters. The molecule has 1 rings (SSSR count). The first-order valence-corrected chi connectivity index (χ1v) is 5.64. The molecular formula is C12H15BrFN. The SMILES string of the molecule is CNC(C)/C(C)=C/c1ccc(F)cc1Br. The summed E-state index contributed by atoms with van der Waals surface area (Å²) in [6, 6.07) is 5.03. The van der Waals surface area contributed by atoms with Crippen molar-refractivity contribution in [2.24, 2.45) is 0 Å². The van der Waals surface area contributed by atoms with Crippen molar-refractivity contribution in [3.8, 4) is 0 Å². The van der Waals surface area contributed by atoms with Gasteiger partial charge in [-0.05, 0) is 38.6 Å². The van der Waals surface area contributed by atoms with Gasteiger partial charge in [0.25, 0.3) is 0 Å². The molecule has 1 aromatic carbocycles.